The van der Waals surface area contributed by atoms with Crippen molar-refractivity contribution in [3.8, 4) is 16.9 Å². The minimum Gasteiger partial charge on any atom is -0.505 e. The second kappa shape index (κ2) is 6.71. The number of aromatic nitrogens is 2. The lowest BCUT2D eigenvalue weighted by Gasteiger charge is -2.12. The minimum atomic E-state index is -0.287. The van der Waals surface area contributed by atoms with Crippen molar-refractivity contribution in [2.45, 2.75) is 19.8 Å². The Morgan fingerprint density at radius 3 is 2.38 bits per heavy atom. The molecule has 0 aliphatic carbocycles. The molecule has 24 heavy (non-hydrogen) atoms. The van der Waals surface area contributed by atoms with Gasteiger partial charge in [0.15, 0.2) is 5.75 Å². The van der Waals surface area contributed by atoms with Gasteiger partial charge in [-0.25, -0.2) is 4.68 Å². The Morgan fingerprint density at radius 1 is 1.00 bits per heavy atom. The second-order valence-electron chi connectivity index (χ2n) is 5.90. The predicted molar refractivity (Wildman–Crippen MR) is 95.2 cm³/mol. The molecule has 3 aromatic rings. The van der Waals surface area contributed by atoms with E-state index in [1.165, 1.54) is 10.2 Å². The summed E-state index contributed by atoms with van der Waals surface area (Å²) in [7, 11) is 1.62. The Kier molecular flexibility index (Phi) is 4.47. The lowest BCUT2D eigenvalue weighted by Crippen LogP contribution is -2.23. The summed E-state index contributed by atoms with van der Waals surface area (Å²) >= 11 is 0. The molecule has 0 unspecified atom stereocenters. The van der Waals surface area contributed by atoms with Crippen molar-refractivity contribution in [2.24, 2.45) is 7.05 Å². The van der Waals surface area contributed by atoms with E-state index in [-0.39, 0.29) is 11.3 Å². The monoisotopic (exact) mass is 320 g/mol. The molecule has 0 fully saturated rings. The first-order valence-electron chi connectivity index (χ1n) is 7.97. The molecule has 4 heteroatoms. The zero-order chi connectivity index (χ0) is 17.1. The highest BCUT2D eigenvalue weighted by molar-refractivity contribution is 5.72. The summed E-state index contributed by atoms with van der Waals surface area (Å²) in [6.07, 6.45) is 1.33. The Hall–Kier alpha value is -2.88. The van der Waals surface area contributed by atoms with Gasteiger partial charge in [0.1, 0.15) is 5.69 Å². The number of benzene rings is 2. The van der Waals surface area contributed by atoms with Crippen molar-refractivity contribution in [2.75, 3.05) is 0 Å². The molecule has 122 valence electrons. The highest BCUT2D eigenvalue weighted by Crippen LogP contribution is 2.30. The summed E-state index contributed by atoms with van der Waals surface area (Å²) in [6, 6.07) is 17.6. The first kappa shape index (κ1) is 16.0. The predicted octanol–water partition coefficient (Wildman–Crippen LogP) is 3.25. The van der Waals surface area contributed by atoms with Crippen LogP contribution in [-0.2, 0) is 19.9 Å². The van der Waals surface area contributed by atoms with Gasteiger partial charge in [-0.05, 0) is 36.5 Å². The van der Waals surface area contributed by atoms with Crippen molar-refractivity contribution in [3.05, 3.63) is 81.8 Å². The van der Waals surface area contributed by atoms with Crippen LogP contribution < -0.4 is 5.56 Å². The van der Waals surface area contributed by atoms with E-state index in [1.54, 1.807) is 7.05 Å². The minimum absolute atomic E-state index is 0.0108. The van der Waals surface area contributed by atoms with E-state index in [2.05, 4.69) is 5.10 Å². The number of aromatic hydroxyl groups is 1. The quantitative estimate of drug-likeness (QED) is 0.803. The highest BCUT2D eigenvalue weighted by Gasteiger charge is 2.18. The van der Waals surface area contributed by atoms with Gasteiger partial charge in [-0.1, -0.05) is 54.6 Å². The largest absolute Gasteiger partial charge is 0.505 e. The molecule has 0 spiro atoms. The van der Waals surface area contributed by atoms with Gasteiger partial charge < -0.3 is 5.11 Å². The van der Waals surface area contributed by atoms with Crippen molar-refractivity contribution >= 4 is 0 Å². The lowest BCUT2D eigenvalue weighted by atomic mass is 9.99. The number of hydrogen-bond donors (Lipinski definition) is 1. The number of nitrogens with zero attached hydrogens (tertiary/aromatic N) is 2. The van der Waals surface area contributed by atoms with Crippen LogP contribution in [0.3, 0.4) is 0 Å². The van der Waals surface area contributed by atoms with Gasteiger partial charge in [0.2, 0.25) is 0 Å². The van der Waals surface area contributed by atoms with Crippen LogP contribution in [0.15, 0.2) is 59.4 Å². The van der Waals surface area contributed by atoms with Crippen molar-refractivity contribution < 1.29 is 5.11 Å². The van der Waals surface area contributed by atoms with Crippen LogP contribution in [-0.4, -0.2) is 14.9 Å². The Bertz CT molecular complexity index is 915. The van der Waals surface area contributed by atoms with E-state index in [9.17, 15) is 9.90 Å². The summed E-state index contributed by atoms with van der Waals surface area (Å²) in [6.45, 7) is 1.93. The van der Waals surface area contributed by atoms with Gasteiger partial charge in [-0.3, -0.25) is 4.79 Å². The van der Waals surface area contributed by atoms with Gasteiger partial charge in [-0.15, -0.1) is 0 Å². The van der Waals surface area contributed by atoms with Crippen LogP contribution in [0, 0.1) is 6.92 Å². The van der Waals surface area contributed by atoms with Crippen LogP contribution in [0.25, 0.3) is 11.1 Å². The number of hydrogen-bond acceptors (Lipinski definition) is 3. The van der Waals surface area contributed by atoms with Crippen LogP contribution >= 0.6 is 0 Å². The molecular weight excluding hydrogens is 300 g/mol. The smallest absolute Gasteiger partial charge is 0.278 e. The van der Waals surface area contributed by atoms with Gasteiger partial charge in [0, 0.05) is 7.05 Å². The fourth-order valence-electron chi connectivity index (χ4n) is 2.85. The molecule has 0 atom stereocenters. The summed E-state index contributed by atoms with van der Waals surface area (Å²) in [5.74, 6) is -0.0108. The molecule has 3 rings (SSSR count). The third kappa shape index (κ3) is 3.08. The molecule has 0 saturated heterocycles. The third-order valence-electron chi connectivity index (χ3n) is 4.20. The average molecular weight is 320 g/mol. The molecule has 1 aromatic heterocycles. The normalized spacial score (nSPS) is 10.8. The molecule has 4 nitrogen and oxygen atoms in total. The average Bonchev–Trinajstić information content (AvgIpc) is 2.59. The maximum Gasteiger partial charge on any atom is 0.278 e. The molecular formula is C20H20N2O2. The van der Waals surface area contributed by atoms with Gasteiger partial charge in [-0.2, -0.15) is 5.10 Å². The van der Waals surface area contributed by atoms with Gasteiger partial charge in [0.05, 0.1) is 5.56 Å². The first-order valence-corrected chi connectivity index (χ1v) is 7.97. The summed E-state index contributed by atoms with van der Waals surface area (Å²) in [4.78, 5) is 12.5. The maximum absolute atomic E-state index is 12.5. The zero-order valence-electron chi connectivity index (χ0n) is 13.9. The molecule has 2 aromatic carbocycles. The SMILES string of the molecule is Cc1ccccc1-c1c(O)c(CCc2ccccc2)nn(C)c1=O. The highest BCUT2D eigenvalue weighted by atomic mass is 16.3. The standard InChI is InChI=1S/C20H20N2O2/c1-14-8-6-7-11-16(14)18-19(23)17(21-22(2)20(18)24)13-12-15-9-4-3-5-10-15/h3-11,23H,12-13H2,1-2H3. The van der Waals surface area contributed by atoms with Crippen molar-refractivity contribution in [1.29, 1.82) is 0 Å². The third-order valence-corrected chi connectivity index (χ3v) is 4.20. The molecule has 0 saturated carbocycles. The molecule has 1 heterocycles. The Balaban J connectivity index is 2.03. The van der Waals surface area contributed by atoms with E-state index >= 15 is 0 Å². The summed E-state index contributed by atoms with van der Waals surface area (Å²) < 4.78 is 1.31. The number of rotatable bonds is 4. The van der Waals surface area contributed by atoms with Gasteiger partial charge >= 0.3 is 0 Å². The first-order chi connectivity index (χ1) is 11.6. The topological polar surface area (TPSA) is 55.1 Å². The fourth-order valence-corrected chi connectivity index (χ4v) is 2.85. The zero-order valence-corrected chi connectivity index (χ0v) is 13.9. The summed E-state index contributed by atoms with van der Waals surface area (Å²) in [5, 5.41) is 14.9. The van der Waals surface area contributed by atoms with Gasteiger partial charge in [0.25, 0.3) is 5.56 Å². The van der Waals surface area contributed by atoms with Crippen LogP contribution in [0.1, 0.15) is 16.8 Å². The van der Waals surface area contributed by atoms with Crippen molar-refractivity contribution in [3.63, 3.8) is 0 Å². The Morgan fingerprint density at radius 2 is 1.67 bits per heavy atom. The van der Waals surface area contributed by atoms with E-state index in [0.29, 0.717) is 17.7 Å². The van der Waals surface area contributed by atoms with E-state index < -0.39 is 0 Å². The van der Waals surface area contributed by atoms with E-state index in [4.69, 9.17) is 0 Å². The molecule has 1 N–H and O–H groups in total. The van der Waals surface area contributed by atoms with Crippen LogP contribution in [0.4, 0.5) is 0 Å². The van der Waals surface area contributed by atoms with Crippen molar-refractivity contribution in [1.82, 2.24) is 9.78 Å². The maximum atomic E-state index is 12.5. The molecule has 0 bridgehead atoms. The molecule has 0 radical (unpaired) electrons. The molecule has 0 amide bonds. The van der Waals surface area contributed by atoms with Crippen LogP contribution in [0.5, 0.6) is 5.75 Å². The Labute approximate surface area is 141 Å². The molecule has 0 aliphatic heterocycles. The van der Waals surface area contributed by atoms with Crippen LogP contribution in [0.2, 0.25) is 0 Å². The molecule has 0 aliphatic rings. The second-order valence-corrected chi connectivity index (χ2v) is 5.90. The van der Waals surface area contributed by atoms with E-state index in [1.807, 2.05) is 61.5 Å². The summed E-state index contributed by atoms with van der Waals surface area (Å²) in [5.41, 5.74) is 3.45. The van der Waals surface area contributed by atoms with E-state index in [0.717, 1.165) is 17.5 Å². The fraction of sp³-hybridized carbons (Fsp3) is 0.200. The lowest BCUT2D eigenvalue weighted by molar-refractivity contribution is 0.455. The number of aryl methyl sites for hydroxylation is 4.